The highest BCUT2D eigenvalue weighted by Crippen LogP contribution is 2.25. The standard InChI is InChI=1S/C12H10Cl2N2O/c13-9-2-1-8(5-10(9)14)6-12(17)11-3-4-15-7-16-11/h1-5,7,12,17H,6H2. The van der Waals surface area contributed by atoms with Crippen molar-refractivity contribution in [2.24, 2.45) is 0 Å². The Morgan fingerprint density at radius 2 is 2.00 bits per heavy atom. The van der Waals surface area contributed by atoms with Crippen molar-refractivity contribution in [2.75, 3.05) is 0 Å². The first-order valence-corrected chi connectivity index (χ1v) is 5.80. The van der Waals surface area contributed by atoms with Gasteiger partial charge in [-0.1, -0.05) is 29.3 Å². The van der Waals surface area contributed by atoms with Gasteiger partial charge in [-0.05, 0) is 23.8 Å². The van der Waals surface area contributed by atoms with Crippen LogP contribution in [0.1, 0.15) is 17.4 Å². The van der Waals surface area contributed by atoms with Crippen molar-refractivity contribution in [2.45, 2.75) is 12.5 Å². The fraction of sp³-hybridized carbons (Fsp3) is 0.167. The Kier molecular flexibility index (Phi) is 3.94. The zero-order valence-corrected chi connectivity index (χ0v) is 10.4. The first-order chi connectivity index (χ1) is 8.16. The van der Waals surface area contributed by atoms with E-state index >= 15 is 0 Å². The molecule has 0 spiro atoms. The molecule has 0 aliphatic heterocycles. The highest BCUT2D eigenvalue weighted by Gasteiger charge is 2.10. The molecule has 0 saturated heterocycles. The summed E-state index contributed by atoms with van der Waals surface area (Å²) in [5.41, 5.74) is 1.50. The number of nitrogens with zero attached hydrogens (tertiary/aromatic N) is 2. The fourth-order valence-electron chi connectivity index (χ4n) is 1.49. The summed E-state index contributed by atoms with van der Waals surface area (Å²) in [6.07, 6.45) is 2.78. The molecular weight excluding hydrogens is 259 g/mol. The summed E-state index contributed by atoms with van der Waals surface area (Å²) in [6.45, 7) is 0. The van der Waals surface area contributed by atoms with E-state index in [1.807, 2.05) is 6.07 Å². The third-order valence-electron chi connectivity index (χ3n) is 2.36. The lowest BCUT2D eigenvalue weighted by Crippen LogP contribution is -2.04. The van der Waals surface area contributed by atoms with Gasteiger partial charge in [-0.3, -0.25) is 0 Å². The number of benzene rings is 1. The topological polar surface area (TPSA) is 46.0 Å². The van der Waals surface area contributed by atoms with Crippen molar-refractivity contribution in [3.63, 3.8) is 0 Å². The minimum atomic E-state index is -0.671. The third-order valence-corrected chi connectivity index (χ3v) is 3.10. The van der Waals surface area contributed by atoms with Crippen molar-refractivity contribution in [1.82, 2.24) is 9.97 Å². The molecule has 1 aromatic heterocycles. The van der Waals surface area contributed by atoms with E-state index in [4.69, 9.17) is 23.2 Å². The number of hydrogen-bond donors (Lipinski definition) is 1. The summed E-state index contributed by atoms with van der Waals surface area (Å²) in [5.74, 6) is 0. The predicted molar refractivity (Wildman–Crippen MR) is 67.2 cm³/mol. The van der Waals surface area contributed by atoms with Crippen molar-refractivity contribution in [1.29, 1.82) is 0 Å². The van der Waals surface area contributed by atoms with Crippen LogP contribution in [0.3, 0.4) is 0 Å². The number of aliphatic hydroxyl groups excluding tert-OH is 1. The maximum atomic E-state index is 9.97. The molecule has 1 N–H and O–H groups in total. The third kappa shape index (κ3) is 3.16. The molecule has 1 aromatic carbocycles. The van der Waals surface area contributed by atoms with Gasteiger partial charge in [-0.25, -0.2) is 9.97 Å². The SMILES string of the molecule is OC(Cc1ccc(Cl)c(Cl)c1)c1ccncn1. The van der Waals surface area contributed by atoms with E-state index in [1.165, 1.54) is 6.33 Å². The van der Waals surface area contributed by atoms with Gasteiger partial charge in [-0.15, -0.1) is 0 Å². The summed E-state index contributed by atoms with van der Waals surface area (Å²) in [4.78, 5) is 7.79. The van der Waals surface area contributed by atoms with Crippen LogP contribution in [0.15, 0.2) is 36.8 Å². The Labute approximate surface area is 109 Å². The maximum absolute atomic E-state index is 9.97. The van der Waals surface area contributed by atoms with E-state index in [0.29, 0.717) is 22.2 Å². The van der Waals surface area contributed by atoms with Gasteiger partial charge in [0.25, 0.3) is 0 Å². The number of rotatable bonds is 3. The summed E-state index contributed by atoms with van der Waals surface area (Å²) >= 11 is 11.7. The number of hydrogen-bond acceptors (Lipinski definition) is 3. The Morgan fingerprint density at radius 3 is 2.65 bits per heavy atom. The molecule has 1 heterocycles. The highest BCUT2D eigenvalue weighted by molar-refractivity contribution is 6.42. The monoisotopic (exact) mass is 268 g/mol. The van der Waals surface area contributed by atoms with E-state index < -0.39 is 6.10 Å². The lowest BCUT2D eigenvalue weighted by molar-refractivity contribution is 0.173. The average molecular weight is 269 g/mol. The fourth-order valence-corrected chi connectivity index (χ4v) is 1.81. The van der Waals surface area contributed by atoms with E-state index in [2.05, 4.69) is 9.97 Å². The Balaban J connectivity index is 2.13. The van der Waals surface area contributed by atoms with Crippen LogP contribution >= 0.6 is 23.2 Å². The Morgan fingerprint density at radius 1 is 1.18 bits per heavy atom. The van der Waals surface area contributed by atoms with Gasteiger partial charge in [0.1, 0.15) is 12.4 Å². The zero-order valence-electron chi connectivity index (χ0n) is 8.85. The molecule has 0 radical (unpaired) electrons. The molecule has 88 valence electrons. The molecule has 5 heteroatoms. The first kappa shape index (κ1) is 12.3. The van der Waals surface area contributed by atoms with E-state index in [1.54, 1.807) is 24.4 Å². The second kappa shape index (κ2) is 5.45. The van der Waals surface area contributed by atoms with Gasteiger partial charge >= 0.3 is 0 Å². The van der Waals surface area contributed by atoms with Crippen molar-refractivity contribution in [3.8, 4) is 0 Å². The largest absolute Gasteiger partial charge is 0.386 e. The molecule has 0 saturated carbocycles. The van der Waals surface area contributed by atoms with E-state index in [0.717, 1.165) is 5.56 Å². The minimum absolute atomic E-state index is 0.438. The van der Waals surface area contributed by atoms with Crippen molar-refractivity contribution >= 4 is 23.2 Å². The molecule has 0 aliphatic rings. The molecule has 0 amide bonds. The zero-order chi connectivity index (χ0) is 12.3. The van der Waals surface area contributed by atoms with Crippen LogP contribution in [-0.2, 0) is 6.42 Å². The summed E-state index contributed by atoms with van der Waals surface area (Å²) in [7, 11) is 0. The van der Waals surface area contributed by atoms with Gasteiger partial charge in [0.15, 0.2) is 0 Å². The van der Waals surface area contributed by atoms with Crippen LogP contribution in [0.25, 0.3) is 0 Å². The predicted octanol–water partition coefficient (Wildman–Crippen LogP) is 3.06. The highest BCUT2D eigenvalue weighted by atomic mass is 35.5. The molecule has 17 heavy (non-hydrogen) atoms. The van der Waals surface area contributed by atoms with Gasteiger partial charge in [0.05, 0.1) is 15.7 Å². The first-order valence-electron chi connectivity index (χ1n) is 5.04. The maximum Gasteiger partial charge on any atom is 0.115 e. The van der Waals surface area contributed by atoms with Crippen LogP contribution in [0.5, 0.6) is 0 Å². The molecule has 3 nitrogen and oxygen atoms in total. The van der Waals surface area contributed by atoms with Crippen molar-refractivity contribution < 1.29 is 5.11 Å². The Bertz CT molecular complexity index is 505. The van der Waals surface area contributed by atoms with Crippen LogP contribution in [-0.4, -0.2) is 15.1 Å². The van der Waals surface area contributed by atoms with Crippen molar-refractivity contribution in [3.05, 3.63) is 58.1 Å². The van der Waals surface area contributed by atoms with Gasteiger partial charge in [0, 0.05) is 12.6 Å². The molecule has 0 bridgehead atoms. The van der Waals surface area contributed by atoms with Gasteiger partial charge < -0.3 is 5.11 Å². The second-order valence-electron chi connectivity index (χ2n) is 3.60. The minimum Gasteiger partial charge on any atom is -0.386 e. The summed E-state index contributed by atoms with van der Waals surface area (Å²) < 4.78 is 0. The van der Waals surface area contributed by atoms with E-state index in [9.17, 15) is 5.11 Å². The number of aliphatic hydroxyl groups is 1. The second-order valence-corrected chi connectivity index (χ2v) is 4.42. The van der Waals surface area contributed by atoms with Crippen LogP contribution in [0.2, 0.25) is 10.0 Å². The van der Waals surface area contributed by atoms with Gasteiger partial charge in [0.2, 0.25) is 0 Å². The lowest BCUT2D eigenvalue weighted by Gasteiger charge is -2.10. The number of aromatic nitrogens is 2. The van der Waals surface area contributed by atoms with Crippen LogP contribution in [0.4, 0.5) is 0 Å². The average Bonchev–Trinajstić information content (AvgIpc) is 2.35. The Hall–Kier alpha value is -1.16. The molecule has 2 aromatic rings. The summed E-state index contributed by atoms with van der Waals surface area (Å²) in [5, 5.41) is 11.0. The molecule has 0 fully saturated rings. The van der Waals surface area contributed by atoms with E-state index in [-0.39, 0.29) is 0 Å². The van der Waals surface area contributed by atoms with Crippen LogP contribution in [0, 0.1) is 0 Å². The van der Waals surface area contributed by atoms with Gasteiger partial charge in [-0.2, -0.15) is 0 Å². The summed E-state index contributed by atoms with van der Waals surface area (Å²) in [6, 6.07) is 6.97. The van der Waals surface area contributed by atoms with Crippen LogP contribution < -0.4 is 0 Å². The molecule has 1 unspecified atom stereocenters. The smallest absolute Gasteiger partial charge is 0.115 e. The normalized spacial score (nSPS) is 12.4. The molecule has 2 rings (SSSR count). The molecule has 0 aliphatic carbocycles. The lowest BCUT2D eigenvalue weighted by atomic mass is 10.1. The molecular formula is C12H10Cl2N2O. The number of halogens is 2. The molecule has 1 atom stereocenters. The quantitative estimate of drug-likeness (QED) is 0.931.